The second-order valence-corrected chi connectivity index (χ2v) is 12.3. The third kappa shape index (κ3) is 12.0. The monoisotopic (exact) mass is 719 g/mol. The number of aliphatic imine (C=N–C) groups is 1. The lowest BCUT2D eigenvalue weighted by molar-refractivity contribution is -0.132. The minimum Gasteiger partial charge on any atom is -0.489 e. The number of carbonyl (C=O) groups excluding carboxylic acids is 4. The first kappa shape index (κ1) is 38.0. The number of unbranched alkanes of at least 4 members (excludes halogenated alkanes) is 1. The van der Waals surface area contributed by atoms with Crippen LogP contribution < -0.4 is 43.6 Å². The molecule has 0 saturated heterocycles. The van der Waals surface area contributed by atoms with Crippen LogP contribution >= 0.6 is 34.5 Å². The summed E-state index contributed by atoms with van der Waals surface area (Å²) in [6.45, 7) is 0.704. The molecule has 0 saturated carbocycles. The van der Waals surface area contributed by atoms with Crippen molar-refractivity contribution in [1.29, 1.82) is 0 Å². The molecule has 3 rings (SSSR count). The molecule has 2 aromatic carbocycles. The summed E-state index contributed by atoms with van der Waals surface area (Å²) in [4.78, 5) is 60.2. The molecule has 4 amide bonds. The van der Waals surface area contributed by atoms with Gasteiger partial charge in [-0.2, -0.15) is 0 Å². The molecule has 17 heteroatoms. The Balaban J connectivity index is 1.73. The summed E-state index contributed by atoms with van der Waals surface area (Å²) in [6.07, 6.45) is 3.28. The van der Waals surface area contributed by atoms with E-state index in [4.69, 9.17) is 50.9 Å². The Kier molecular flexibility index (Phi) is 15.4. The van der Waals surface area contributed by atoms with Gasteiger partial charge in [0, 0.05) is 33.7 Å². The zero-order valence-electron chi connectivity index (χ0n) is 26.0. The van der Waals surface area contributed by atoms with E-state index in [9.17, 15) is 19.2 Å². The van der Waals surface area contributed by atoms with E-state index >= 15 is 0 Å². The first-order valence-corrected chi connectivity index (χ1v) is 16.6. The van der Waals surface area contributed by atoms with E-state index in [1.807, 2.05) is 0 Å². The number of guanidine groups is 1. The van der Waals surface area contributed by atoms with Gasteiger partial charge in [0.2, 0.25) is 17.7 Å². The molecule has 0 fully saturated rings. The van der Waals surface area contributed by atoms with Gasteiger partial charge < -0.3 is 43.6 Å². The molecule has 0 aliphatic heterocycles. The van der Waals surface area contributed by atoms with Crippen molar-refractivity contribution in [2.45, 2.75) is 56.8 Å². The summed E-state index contributed by atoms with van der Waals surface area (Å²) in [5.41, 5.74) is 23.1. The molecular weight excluding hydrogens is 681 g/mol. The van der Waals surface area contributed by atoms with E-state index in [1.54, 1.807) is 47.8 Å². The topological polar surface area (TPSA) is 243 Å². The van der Waals surface area contributed by atoms with Crippen LogP contribution in [0, 0.1) is 0 Å². The predicted octanol–water partition coefficient (Wildman–Crippen LogP) is 2.14. The van der Waals surface area contributed by atoms with Crippen molar-refractivity contribution in [3.8, 4) is 5.75 Å². The Labute approximate surface area is 292 Å². The van der Waals surface area contributed by atoms with Crippen molar-refractivity contribution in [2.24, 2.45) is 27.9 Å². The smallest absolute Gasteiger partial charge is 0.280 e. The number of hydrogen-bond acceptors (Lipinski definition) is 9. The van der Waals surface area contributed by atoms with Crippen LogP contribution in [-0.4, -0.2) is 59.7 Å². The third-order valence-electron chi connectivity index (χ3n) is 7.00. The number of nitrogens with two attached hydrogens (primary N) is 4. The largest absolute Gasteiger partial charge is 0.489 e. The molecule has 1 heterocycles. The van der Waals surface area contributed by atoms with Gasteiger partial charge in [0.05, 0.1) is 0 Å². The van der Waals surface area contributed by atoms with E-state index < -0.39 is 41.8 Å². The number of amides is 4. The van der Waals surface area contributed by atoms with Crippen LogP contribution in [0.1, 0.15) is 59.1 Å². The van der Waals surface area contributed by atoms with Gasteiger partial charge in [-0.05, 0) is 68.5 Å². The molecule has 11 N–H and O–H groups in total. The first-order chi connectivity index (χ1) is 23.0. The van der Waals surface area contributed by atoms with Crippen LogP contribution in [0.25, 0.3) is 0 Å². The fraction of sp³-hybridized carbons (Fsp3) is 0.355. The van der Waals surface area contributed by atoms with Gasteiger partial charge in [-0.15, -0.1) is 11.3 Å². The van der Waals surface area contributed by atoms with Crippen molar-refractivity contribution in [2.75, 3.05) is 13.1 Å². The van der Waals surface area contributed by atoms with Crippen molar-refractivity contribution >= 4 is 64.1 Å². The lowest BCUT2D eigenvalue weighted by atomic mass is 10.0. The third-order valence-corrected chi connectivity index (χ3v) is 8.48. The fourth-order valence-corrected chi connectivity index (χ4v) is 5.55. The Morgan fingerprint density at radius 2 is 1.52 bits per heavy atom. The van der Waals surface area contributed by atoms with Crippen LogP contribution in [0.3, 0.4) is 0 Å². The SMILES string of the molecule is NCCCC[C@H](NC(=O)[C@H](CCCN=C(N)N)NC(=O)c1nccs1)C(=O)N[C@@H](C(N)=O)c1ccc(OCc2c(Cl)cccc2Cl)cc1. The lowest BCUT2D eigenvalue weighted by Gasteiger charge is -2.25. The Morgan fingerprint density at radius 1 is 0.875 bits per heavy atom. The zero-order valence-corrected chi connectivity index (χ0v) is 28.3. The number of benzene rings is 2. The molecule has 0 aliphatic rings. The summed E-state index contributed by atoms with van der Waals surface area (Å²) in [5, 5.41) is 10.8. The van der Waals surface area contributed by atoms with Crippen LogP contribution in [-0.2, 0) is 21.0 Å². The van der Waals surface area contributed by atoms with E-state index in [0.717, 1.165) is 11.3 Å². The number of ether oxygens (including phenoxy) is 1. The van der Waals surface area contributed by atoms with Crippen molar-refractivity contribution in [1.82, 2.24) is 20.9 Å². The van der Waals surface area contributed by atoms with Crippen LogP contribution in [0.5, 0.6) is 5.75 Å². The number of thiazole rings is 1. The van der Waals surface area contributed by atoms with Crippen LogP contribution in [0.15, 0.2) is 59.0 Å². The number of nitrogens with one attached hydrogen (secondary N) is 3. The molecule has 258 valence electrons. The average Bonchev–Trinajstić information content (AvgIpc) is 3.60. The standard InChI is InChI=1S/C31H39Cl2N9O5S/c32-21-5-3-6-22(33)20(21)17-47-19-11-9-18(10-12-19)25(26(35)43)42-28(45)23(7-1-2-13-34)40-27(44)24(8-4-14-39-31(36)37)41-29(46)30-38-15-16-48-30/h3,5-6,9-12,15-16,23-25H,1-2,4,7-8,13-14,17,34H2,(H2,35,43)(H,40,44)(H,41,46)(H,42,45)(H4,36,37,39)/t23-,24-,25+/m0/s1. The number of carbonyl (C=O) groups is 4. The van der Waals surface area contributed by atoms with Gasteiger partial charge in [0.1, 0.15) is 30.5 Å². The van der Waals surface area contributed by atoms with E-state index in [2.05, 4.69) is 25.9 Å². The molecule has 0 spiro atoms. The van der Waals surface area contributed by atoms with Crippen LogP contribution in [0.4, 0.5) is 0 Å². The highest BCUT2D eigenvalue weighted by Gasteiger charge is 2.30. The van der Waals surface area contributed by atoms with Gasteiger partial charge in [-0.1, -0.05) is 41.4 Å². The van der Waals surface area contributed by atoms with Crippen molar-refractivity contribution < 1.29 is 23.9 Å². The lowest BCUT2D eigenvalue weighted by Crippen LogP contribution is -2.54. The molecule has 3 aromatic rings. The minimum atomic E-state index is -1.22. The zero-order chi connectivity index (χ0) is 35.1. The fourth-order valence-electron chi connectivity index (χ4n) is 4.51. The number of halogens is 2. The summed E-state index contributed by atoms with van der Waals surface area (Å²) >= 11 is 13.6. The molecule has 0 aliphatic carbocycles. The van der Waals surface area contributed by atoms with Gasteiger partial charge in [0.15, 0.2) is 11.0 Å². The second kappa shape index (κ2) is 19.4. The van der Waals surface area contributed by atoms with Crippen molar-refractivity contribution in [3.05, 3.63) is 80.2 Å². The summed E-state index contributed by atoms with van der Waals surface area (Å²) < 4.78 is 5.80. The highest BCUT2D eigenvalue weighted by molar-refractivity contribution is 7.11. The van der Waals surface area contributed by atoms with E-state index in [0.29, 0.717) is 52.7 Å². The average molecular weight is 721 g/mol. The van der Waals surface area contributed by atoms with Gasteiger partial charge >= 0.3 is 0 Å². The summed E-state index contributed by atoms with van der Waals surface area (Å²) in [6, 6.07) is 8.19. The molecule has 14 nitrogen and oxygen atoms in total. The maximum absolute atomic E-state index is 13.6. The predicted molar refractivity (Wildman–Crippen MR) is 185 cm³/mol. The Hall–Kier alpha value is -4.44. The first-order valence-electron chi connectivity index (χ1n) is 15.0. The number of aromatic nitrogens is 1. The molecular formula is C31H39Cl2N9O5S. The normalized spacial score (nSPS) is 12.6. The number of rotatable bonds is 19. The summed E-state index contributed by atoms with van der Waals surface area (Å²) in [5.74, 6) is -2.28. The molecule has 3 atom stereocenters. The van der Waals surface area contributed by atoms with Crippen LogP contribution in [0.2, 0.25) is 10.0 Å². The second-order valence-electron chi connectivity index (χ2n) is 10.6. The van der Waals surface area contributed by atoms with Gasteiger partial charge in [-0.3, -0.25) is 24.2 Å². The van der Waals surface area contributed by atoms with Gasteiger partial charge in [-0.25, -0.2) is 4.98 Å². The maximum atomic E-state index is 13.6. The Morgan fingerprint density at radius 3 is 2.12 bits per heavy atom. The van der Waals surface area contributed by atoms with E-state index in [1.165, 1.54) is 6.20 Å². The maximum Gasteiger partial charge on any atom is 0.280 e. The number of primary amides is 1. The molecule has 0 radical (unpaired) electrons. The van der Waals surface area contributed by atoms with E-state index in [-0.39, 0.29) is 37.0 Å². The minimum absolute atomic E-state index is 0.104. The number of hydrogen-bond donors (Lipinski definition) is 7. The number of nitrogens with zero attached hydrogens (tertiary/aromatic N) is 2. The highest BCUT2D eigenvalue weighted by Crippen LogP contribution is 2.26. The Bertz CT molecular complexity index is 1530. The molecule has 0 unspecified atom stereocenters. The highest BCUT2D eigenvalue weighted by atomic mass is 35.5. The van der Waals surface area contributed by atoms with Crippen molar-refractivity contribution in [3.63, 3.8) is 0 Å². The molecule has 48 heavy (non-hydrogen) atoms. The van der Waals surface area contributed by atoms with Gasteiger partial charge in [0.25, 0.3) is 5.91 Å². The molecule has 1 aromatic heterocycles. The quantitative estimate of drug-likeness (QED) is 0.0544. The summed E-state index contributed by atoms with van der Waals surface area (Å²) in [7, 11) is 0. The molecule has 0 bridgehead atoms.